The highest BCUT2D eigenvalue weighted by atomic mass is 16.3. The van der Waals surface area contributed by atoms with Crippen molar-refractivity contribution in [2.75, 3.05) is 0 Å². The molecule has 2 heterocycles. The van der Waals surface area contributed by atoms with Crippen LogP contribution in [0, 0.1) is 0 Å². The predicted molar refractivity (Wildman–Crippen MR) is 141 cm³/mol. The van der Waals surface area contributed by atoms with Gasteiger partial charge in [0.1, 0.15) is 11.2 Å². The Morgan fingerprint density at radius 1 is 0.853 bits per heavy atom. The molecule has 4 aromatic rings. The van der Waals surface area contributed by atoms with Crippen molar-refractivity contribution in [2.45, 2.75) is 32.4 Å². The molecule has 3 aromatic carbocycles. The molecule has 0 spiro atoms. The van der Waals surface area contributed by atoms with Crippen LogP contribution < -0.4 is 5.73 Å². The van der Waals surface area contributed by atoms with Gasteiger partial charge in [-0.1, -0.05) is 84.0 Å². The first-order valence-corrected chi connectivity index (χ1v) is 11.9. The van der Waals surface area contributed by atoms with E-state index in [1.165, 1.54) is 22.3 Å². The number of hydrogen-bond acceptors (Lipinski definition) is 3. The molecule has 0 amide bonds. The Morgan fingerprint density at radius 2 is 1.62 bits per heavy atom. The summed E-state index contributed by atoms with van der Waals surface area (Å²) in [5, 5.41) is 2.32. The molecule has 0 radical (unpaired) electrons. The summed E-state index contributed by atoms with van der Waals surface area (Å²) < 4.78 is 6.44. The van der Waals surface area contributed by atoms with E-state index in [-0.39, 0.29) is 12.1 Å². The summed E-state index contributed by atoms with van der Waals surface area (Å²) >= 11 is 0. The van der Waals surface area contributed by atoms with Crippen LogP contribution in [0.15, 0.2) is 113 Å². The molecule has 0 bridgehead atoms. The molecule has 0 fully saturated rings. The lowest BCUT2D eigenvalue weighted by Gasteiger charge is -2.40. The Kier molecular flexibility index (Phi) is 4.91. The zero-order valence-corrected chi connectivity index (χ0v) is 19.5. The third-order valence-electron chi connectivity index (χ3n) is 7.06. The Bertz CT molecular complexity index is 1530. The summed E-state index contributed by atoms with van der Waals surface area (Å²) in [6.45, 7) is 4.35. The molecule has 6 rings (SSSR count). The van der Waals surface area contributed by atoms with Gasteiger partial charge in [-0.3, -0.25) is 0 Å². The zero-order valence-electron chi connectivity index (χ0n) is 19.5. The summed E-state index contributed by atoms with van der Waals surface area (Å²) in [7, 11) is 0. The van der Waals surface area contributed by atoms with Crippen LogP contribution in [-0.2, 0) is 0 Å². The summed E-state index contributed by atoms with van der Waals surface area (Å²) in [5.74, 6) is 0. The Labute approximate surface area is 200 Å². The minimum Gasteiger partial charge on any atom is -0.456 e. The number of allylic oxidation sites excluding steroid dienone is 4. The molecule has 0 saturated heterocycles. The zero-order chi connectivity index (χ0) is 23.2. The van der Waals surface area contributed by atoms with Crippen LogP contribution in [0.1, 0.15) is 49.0 Å². The van der Waals surface area contributed by atoms with Gasteiger partial charge in [0, 0.05) is 33.8 Å². The van der Waals surface area contributed by atoms with E-state index in [0.717, 1.165) is 39.6 Å². The van der Waals surface area contributed by atoms with Crippen molar-refractivity contribution in [1.82, 2.24) is 4.90 Å². The van der Waals surface area contributed by atoms with Gasteiger partial charge in [0.25, 0.3) is 0 Å². The summed E-state index contributed by atoms with van der Waals surface area (Å²) in [6.07, 6.45) is 11.9. The molecular formula is C31H28N2O. The number of fused-ring (bicyclic) bond motifs is 4. The molecule has 2 N–H and O–H groups in total. The lowest BCUT2D eigenvalue weighted by molar-refractivity contribution is 0.232. The molecule has 1 unspecified atom stereocenters. The average molecular weight is 445 g/mol. The second-order valence-corrected chi connectivity index (χ2v) is 9.38. The largest absolute Gasteiger partial charge is 0.456 e. The number of para-hydroxylation sites is 2. The first-order chi connectivity index (χ1) is 16.6. The number of benzene rings is 3. The Morgan fingerprint density at radius 3 is 2.53 bits per heavy atom. The van der Waals surface area contributed by atoms with Crippen molar-refractivity contribution < 1.29 is 4.42 Å². The Hall–Kier alpha value is -3.98. The molecule has 1 aromatic heterocycles. The molecular weight excluding hydrogens is 416 g/mol. The standard InChI is InChI=1S/C31H28N2O/c1-20-14-15-27(32)22-8-3-4-9-23(22)28(18-20)33-17-16-21(2)19-29(33)26-12-7-11-25-24-10-5-6-13-30(24)34-31(25)26/h3-17,19,28-29H,18,32H2,1-2H3/b20-14-,27-15-/t28-,29?/m1/s1. The fourth-order valence-corrected chi connectivity index (χ4v) is 5.36. The maximum absolute atomic E-state index is 6.51. The van der Waals surface area contributed by atoms with E-state index >= 15 is 0 Å². The minimum atomic E-state index is 0.0461. The molecule has 1 aliphatic heterocycles. The summed E-state index contributed by atoms with van der Waals surface area (Å²) in [5.41, 5.74) is 15.3. The first kappa shape index (κ1) is 20.6. The van der Waals surface area contributed by atoms with Crippen molar-refractivity contribution in [1.29, 1.82) is 0 Å². The molecule has 1 aliphatic carbocycles. The fraction of sp³-hybridized carbons (Fsp3) is 0.161. The number of rotatable bonds is 2. The van der Waals surface area contributed by atoms with Gasteiger partial charge in [-0.15, -0.1) is 0 Å². The van der Waals surface area contributed by atoms with E-state index in [9.17, 15) is 0 Å². The monoisotopic (exact) mass is 444 g/mol. The second kappa shape index (κ2) is 8.11. The maximum atomic E-state index is 6.51. The van der Waals surface area contributed by atoms with Crippen LogP contribution in [-0.4, -0.2) is 4.90 Å². The lowest BCUT2D eigenvalue weighted by Crippen LogP contribution is -2.30. The van der Waals surface area contributed by atoms with Gasteiger partial charge in [0.2, 0.25) is 0 Å². The van der Waals surface area contributed by atoms with Crippen LogP contribution in [0.5, 0.6) is 0 Å². The smallest absolute Gasteiger partial charge is 0.141 e. The number of hydrogen-bond donors (Lipinski definition) is 1. The van der Waals surface area contributed by atoms with Gasteiger partial charge >= 0.3 is 0 Å². The number of furan rings is 1. The quantitative estimate of drug-likeness (QED) is 0.343. The van der Waals surface area contributed by atoms with Crippen LogP contribution in [0.25, 0.3) is 27.6 Å². The summed E-state index contributed by atoms with van der Waals surface area (Å²) in [4.78, 5) is 2.48. The molecule has 2 atom stereocenters. The van der Waals surface area contributed by atoms with Crippen molar-refractivity contribution in [3.63, 3.8) is 0 Å². The fourth-order valence-electron chi connectivity index (χ4n) is 5.36. The van der Waals surface area contributed by atoms with E-state index in [1.54, 1.807) is 0 Å². The minimum absolute atomic E-state index is 0.0461. The van der Waals surface area contributed by atoms with Gasteiger partial charge in [-0.2, -0.15) is 0 Å². The van der Waals surface area contributed by atoms with Crippen molar-refractivity contribution >= 4 is 27.6 Å². The van der Waals surface area contributed by atoms with Crippen LogP contribution >= 0.6 is 0 Å². The molecule has 34 heavy (non-hydrogen) atoms. The molecule has 0 saturated carbocycles. The normalized spacial score (nSPS) is 23.5. The SMILES string of the molecule is CC1=CC(c2cccc3c2oc2ccccc23)N([C@@H]2C/C(C)=C\C=C(/N)c3ccccc32)C=C1. The van der Waals surface area contributed by atoms with E-state index in [2.05, 4.69) is 97.8 Å². The van der Waals surface area contributed by atoms with Crippen molar-refractivity contribution in [2.24, 2.45) is 5.73 Å². The van der Waals surface area contributed by atoms with E-state index in [4.69, 9.17) is 10.2 Å². The van der Waals surface area contributed by atoms with Crippen LogP contribution in [0.4, 0.5) is 0 Å². The Balaban J connectivity index is 1.54. The average Bonchev–Trinajstić information content (AvgIpc) is 3.24. The van der Waals surface area contributed by atoms with E-state index < -0.39 is 0 Å². The van der Waals surface area contributed by atoms with Gasteiger partial charge in [0.05, 0.1) is 12.1 Å². The van der Waals surface area contributed by atoms with Crippen molar-refractivity contribution in [3.8, 4) is 0 Å². The third kappa shape index (κ3) is 3.36. The topological polar surface area (TPSA) is 42.4 Å². The van der Waals surface area contributed by atoms with E-state index in [1.807, 2.05) is 18.2 Å². The molecule has 3 nitrogen and oxygen atoms in total. The first-order valence-electron chi connectivity index (χ1n) is 11.9. The van der Waals surface area contributed by atoms with Gasteiger partial charge in [-0.05, 0) is 44.1 Å². The number of nitrogens with zero attached hydrogens (tertiary/aromatic N) is 1. The van der Waals surface area contributed by atoms with Crippen molar-refractivity contribution in [3.05, 3.63) is 125 Å². The van der Waals surface area contributed by atoms with Gasteiger partial charge in [0.15, 0.2) is 0 Å². The number of nitrogens with two attached hydrogens (primary N) is 1. The second-order valence-electron chi connectivity index (χ2n) is 9.38. The molecule has 2 aliphatic rings. The highest BCUT2D eigenvalue weighted by Crippen LogP contribution is 2.44. The van der Waals surface area contributed by atoms with E-state index in [0.29, 0.717) is 0 Å². The molecule has 3 heteroatoms. The third-order valence-corrected chi connectivity index (χ3v) is 7.06. The van der Waals surface area contributed by atoms with Gasteiger partial charge in [-0.25, -0.2) is 0 Å². The van der Waals surface area contributed by atoms with Crippen LogP contribution in [0.2, 0.25) is 0 Å². The highest BCUT2D eigenvalue weighted by Gasteiger charge is 2.31. The maximum Gasteiger partial charge on any atom is 0.141 e. The lowest BCUT2D eigenvalue weighted by atomic mass is 9.87. The van der Waals surface area contributed by atoms with Gasteiger partial charge < -0.3 is 15.1 Å². The highest BCUT2D eigenvalue weighted by molar-refractivity contribution is 6.06. The predicted octanol–water partition coefficient (Wildman–Crippen LogP) is 7.79. The summed E-state index contributed by atoms with van der Waals surface area (Å²) in [6, 6.07) is 23.5. The molecule has 168 valence electrons. The van der Waals surface area contributed by atoms with Crippen LogP contribution in [0.3, 0.4) is 0 Å².